The molecule has 5 rings (SSSR count). The summed E-state index contributed by atoms with van der Waals surface area (Å²) in [4.78, 5) is 29.0. The second kappa shape index (κ2) is 12.5. The van der Waals surface area contributed by atoms with Gasteiger partial charge in [-0.05, 0) is 64.8 Å². The number of amides is 1. The highest BCUT2D eigenvalue weighted by atomic mass is 32.1. The molecule has 0 bridgehead atoms. The molecule has 0 saturated carbocycles. The van der Waals surface area contributed by atoms with Gasteiger partial charge in [0.2, 0.25) is 5.91 Å². The lowest BCUT2D eigenvalue weighted by molar-refractivity contribution is -0.137. The minimum Gasteiger partial charge on any atom is -0.494 e. The average Bonchev–Trinajstić information content (AvgIpc) is 3.51. The quantitative estimate of drug-likeness (QED) is 0.451. The Morgan fingerprint density at radius 2 is 1.55 bits per heavy atom. The van der Waals surface area contributed by atoms with Crippen molar-refractivity contribution in [2.24, 2.45) is 5.92 Å². The van der Waals surface area contributed by atoms with Crippen molar-refractivity contribution in [3.8, 4) is 16.3 Å². The predicted molar refractivity (Wildman–Crippen MR) is 155 cm³/mol. The first-order valence-electron chi connectivity index (χ1n) is 14.6. The number of nitrogens with zero attached hydrogens (tertiary/aromatic N) is 5. The van der Waals surface area contributed by atoms with E-state index >= 15 is 0 Å². The van der Waals surface area contributed by atoms with Gasteiger partial charge in [-0.2, -0.15) is 0 Å². The van der Waals surface area contributed by atoms with Crippen molar-refractivity contribution in [3.05, 3.63) is 34.8 Å². The zero-order valence-electron chi connectivity index (χ0n) is 23.7. The number of piperazine rings is 2. The molecule has 2 fully saturated rings. The summed E-state index contributed by atoms with van der Waals surface area (Å²) in [6.45, 7) is 19.2. The average molecular weight is 540 g/mol. The van der Waals surface area contributed by atoms with Crippen LogP contribution < -0.4 is 4.74 Å². The van der Waals surface area contributed by atoms with E-state index in [0.29, 0.717) is 18.0 Å². The number of carbonyl (C=O) groups is 1. The van der Waals surface area contributed by atoms with Crippen LogP contribution in [0.5, 0.6) is 5.75 Å². The molecule has 1 unspecified atom stereocenters. The highest BCUT2D eigenvalue weighted by Gasteiger charge is 2.34. The molecular weight excluding hydrogens is 494 g/mol. The van der Waals surface area contributed by atoms with Crippen molar-refractivity contribution in [1.29, 1.82) is 0 Å². The van der Waals surface area contributed by atoms with E-state index in [-0.39, 0.29) is 5.92 Å². The Morgan fingerprint density at radius 1 is 0.921 bits per heavy atom. The second-order valence-electron chi connectivity index (χ2n) is 11.6. The van der Waals surface area contributed by atoms with Gasteiger partial charge in [0.25, 0.3) is 0 Å². The molecular formula is C30H45N5O2S. The van der Waals surface area contributed by atoms with E-state index in [0.717, 1.165) is 93.7 Å². The fraction of sp³-hybridized carbons (Fsp3) is 0.667. The molecule has 7 nitrogen and oxygen atoms in total. The number of thiazole rings is 1. The maximum atomic E-state index is 13.1. The smallest absolute Gasteiger partial charge is 0.226 e. The van der Waals surface area contributed by atoms with Gasteiger partial charge >= 0.3 is 0 Å². The summed E-state index contributed by atoms with van der Waals surface area (Å²) in [6.07, 6.45) is 2.67. The lowest BCUT2D eigenvalue weighted by Gasteiger charge is -2.37. The van der Waals surface area contributed by atoms with E-state index in [1.807, 2.05) is 0 Å². The largest absolute Gasteiger partial charge is 0.494 e. The molecule has 0 N–H and O–H groups in total. The van der Waals surface area contributed by atoms with Gasteiger partial charge in [-0.25, -0.2) is 4.98 Å². The summed E-state index contributed by atoms with van der Waals surface area (Å²) in [5.74, 6) is 1.31. The third-order valence-electron chi connectivity index (χ3n) is 8.48. The number of carbonyl (C=O) groups excluding carboxylic acids is 1. The highest BCUT2D eigenvalue weighted by molar-refractivity contribution is 7.15. The molecule has 1 aliphatic carbocycles. The Labute approximate surface area is 232 Å². The lowest BCUT2D eigenvalue weighted by Crippen LogP contribution is -2.52. The molecule has 0 radical (unpaired) electrons. The third-order valence-corrected chi connectivity index (χ3v) is 9.65. The van der Waals surface area contributed by atoms with Gasteiger partial charge in [0, 0.05) is 93.8 Å². The Morgan fingerprint density at radius 3 is 2.16 bits per heavy atom. The fourth-order valence-electron chi connectivity index (χ4n) is 5.92. The Hall–Kier alpha value is -2.00. The van der Waals surface area contributed by atoms with Crippen LogP contribution >= 0.6 is 11.3 Å². The molecule has 38 heavy (non-hydrogen) atoms. The summed E-state index contributed by atoms with van der Waals surface area (Å²) in [6, 6.07) is 9.56. The number of rotatable bonds is 9. The molecule has 2 aromatic rings. The predicted octanol–water partition coefficient (Wildman–Crippen LogP) is 3.87. The summed E-state index contributed by atoms with van der Waals surface area (Å²) >= 11 is 1.75. The lowest BCUT2D eigenvalue weighted by atomic mass is 10.1. The van der Waals surface area contributed by atoms with Crippen LogP contribution in [0.15, 0.2) is 24.3 Å². The minimum atomic E-state index is 0.0678. The molecule has 3 heterocycles. The van der Waals surface area contributed by atoms with Gasteiger partial charge < -0.3 is 14.5 Å². The zero-order valence-corrected chi connectivity index (χ0v) is 24.5. The maximum absolute atomic E-state index is 13.1. The van der Waals surface area contributed by atoms with Gasteiger partial charge in [0.05, 0.1) is 12.3 Å². The van der Waals surface area contributed by atoms with Gasteiger partial charge in [0.15, 0.2) is 0 Å². The van der Waals surface area contributed by atoms with Crippen LogP contribution in [-0.2, 0) is 17.6 Å². The first-order chi connectivity index (χ1) is 18.4. The van der Waals surface area contributed by atoms with Crippen molar-refractivity contribution in [2.75, 3.05) is 65.5 Å². The fourth-order valence-corrected chi connectivity index (χ4v) is 7.10. The Bertz CT molecular complexity index is 1030. The monoisotopic (exact) mass is 539 g/mol. The molecule has 1 amide bonds. The van der Waals surface area contributed by atoms with E-state index in [4.69, 9.17) is 9.72 Å². The van der Waals surface area contributed by atoms with Crippen LogP contribution in [0, 0.1) is 5.92 Å². The van der Waals surface area contributed by atoms with Crippen LogP contribution in [0.4, 0.5) is 0 Å². The van der Waals surface area contributed by atoms with E-state index in [9.17, 15) is 4.79 Å². The topological polar surface area (TPSA) is 52.2 Å². The molecule has 1 aromatic carbocycles. The summed E-state index contributed by atoms with van der Waals surface area (Å²) in [5, 5.41) is 1.05. The highest BCUT2D eigenvalue weighted by Crippen LogP contribution is 2.37. The second-order valence-corrected chi connectivity index (χ2v) is 12.7. The summed E-state index contributed by atoms with van der Waals surface area (Å²) in [5.41, 5.74) is 2.26. The molecule has 2 saturated heterocycles. The maximum Gasteiger partial charge on any atom is 0.226 e. The molecule has 8 heteroatoms. The molecule has 1 aromatic heterocycles. The van der Waals surface area contributed by atoms with Crippen LogP contribution in [0.25, 0.3) is 10.6 Å². The summed E-state index contributed by atoms with van der Waals surface area (Å²) in [7, 11) is 0. The molecule has 0 spiro atoms. The normalized spacial score (nSPS) is 21.4. The Balaban J connectivity index is 1.05. The van der Waals surface area contributed by atoms with E-state index < -0.39 is 0 Å². The SMILES string of the molecule is CC(C)N1CCN(CCCOc2ccc(-c3nc4c(s3)CC(C(=O)N3CCN(C(C)C)CC3)C4)cc2)CC1. The van der Waals surface area contributed by atoms with Crippen molar-refractivity contribution in [3.63, 3.8) is 0 Å². The van der Waals surface area contributed by atoms with E-state index in [1.165, 1.54) is 18.0 Å². The van der Waals surface area contributed by atoms with Gasteiger partial charge in [-0.3, -0.25) is 14.6 Å². The van der Waals surface area contributed by atoms with Crippen molar-refractivity contribution < 1.29 is 9.53 Å². The minimum absolute atomic E-state index is 0.0678. The van der Waals surface area contributed by atoms with Crippen LogP contribution in [-0.4, -0.2) is 108 Å². The van der Waals surface area contributed by atoms with Crippen molar-refractivity contribution in [2.45, 2.75) is 59.0 Å². The zero-order chi connectivity index (χ0) is 26.6. The number of benzene rings is 1. The van der Waals surface area contributed by atoms with Crippen molar-refractivity contribution in [1.82, 2.24) is 24.6 Å². The van der Waals surface area contributed by atoms with Gasteiger partial charge in [0.1, 0.15) is 10.8 Å². The number of aromatic nitrogens is 1. The number of hydrogen-bond acceptors (Lipinski definition) is 7. The van der Waals surface area contributed by atoms with Crippen LogP contribution in [0.1, 0.15) is 44.7 Å². The third kappa shape index (κ3) is 6.58. The number of hydrogen-bond donors (Lipinski definition) is 0. The molecule has 1 atom stereocenters. The molecule has 208 valence electrons. The molecule has 2 aliphatic heterocycles. The summed E-state index contributed by atoms with van der Waals surface area (Å²) < 4.78 is 6.03. The standard InChI is InChI=1S/C30H45N5O2S/c1-22(2)33-13-11-32(12-14-33)10-5-19-37-26-8-6-24(7-9-26)29-31-27-20-25(21-28(27)38-29)30(36)35-17-15-34(16-18-35)23(3)4/h6-9,22-23,25H,5,10-21H2,1-4H3. The van der Waals surface area contributed by atoms with E-state index in [1.54, 1.807) is 11.3 Å². The van der Waals surface area contributed by atoms with E-state index in [2.05, 4.69) is 71.6 Å². The first-order valence-corrected chi connectivity index (χ1v) is 15.4. The molecule has 3 aliphatic rings. The number of fused-ring (bicyclic) bond motifs is 1. The van der Waals surface area contributed by atoms with Gasteiger partial charge in [-0.15, -0.1) is 11.3 Å². The van der Waals surface area contributed by atoms with Crippen LogP contribution in [0.2, 0.25) is 0 Å². The Kier molecular flexibility index (Phi) is 9.03. The van der Waals surface area contributed by atoms with Gasteiger partial charge in [-0.1, -0.05) is 0 Å². The van der Waals surface area contributed by atoms with Crippen molar-refractivity contribution >= 4 is 17.2 Å². The van der Waals surface area contributed by atoms with Crippen LogP contribution in [0.3, 0.4) is 0 Å². The first kappa shape index (κ1) is 27.6. The number of ether oxygens (including phenoxy) is 1.